The van der Waals surface area contributed by atoms with Gasteiger partial charge in [-0.2, -0.15) is 0 Å². The standard InChI is InChI=1S/C21H22N2O4S/c1-13-20(28-14(2)22-13)18(24)17-16(10-9-15-7-5-4-6-8-15)23(11-12-27-3)21(26)19(17)25/h4-10,16,25H,11-12H2,1-3H3/b10-9+. The van der Waals surface area contributed by atoms with E-state index in [0.29, 0.717) is 17.2 Å². The minimum absolute atomic E-state index is 0.0834. The predicted molar refractivity (Wildman–Crippen MR) is 108 cm³/mol. The van der Waals surface area contributed by atoms with Crippen LogP contribution in [0.2, 0.25) is 0 Å². The van der Waals surface area contributed by atoms with Crippen LogP contribution in [0.1, 0.15) is 25.9 Å². The molecule has 0 radical (unpaired) electrons. The molecule has 0 saturated heterocycles. The Labute approximate surface area is 167 Å². The number of carbonyl (C=O) groups excluding carboxylic acids is 2. The third-order valence-corrected chi connectivity index (χ3v) is 5.58. The number of aryl methyl sites for hydroxylation is 2. The van der Waals surface area contributed by atoms with Crippen LogP contribution in [0.15, 0.2) is 47.7 Å². The van der Waals surface area contributed by atoms with E-state index in [9.17, 15) is 14.7 Å². The van der Waals surface area contributed by atoms with E-state index in [0.717, 1.165) is 10.6 Å². The normalized spacial score (nSPS) is 17.2. The zero-order valence-corrected chi connectivity index (χ0v) is 16.8. The number of thiazole rings is 1. The average molecular weight is 398 g/mol. The first-order valence-corrected chi connectivity index (χ1v) is 9.70. The van der Waals surface area contributed by atoms with Crippen molar-refractivity contribution in [3.63, 3.8) is 0 Å². The molecule has 3 rings (SSSR count). The van der Waals surface area contributed by atoms with Gasteiger partial charge in [-0.3, -0.25) is 9.59 Å². The van der Waals surface area contributed by atoms with Gasteiger partial charge in [0, 0.05) is 13.7 Å². The molecule has 1 aliphatic heterocycles. The highest BCUT2D eigenvalue weighted by atomic mass is 32.1. The van der Waals surface area contributed by atoms with Crippen LogP contribution in [0.5, 0.6) is 0 Å². The summed E-state index contributed by atoms with van der Waals surface area (Å²) in [7, 11) is 1.54. The number of hydrogen-bond acceptors (Lipinski definition) is 6. The van der Waals surface area contributed by atoms with Gasteiger partial charge >= 0.3 is 0 Å². The van der Waals surface area contributed by atoms with Crippen molar-refractivity contribution >= 4 is 29.1 Å². The SMILES string of the molecule is COCCN1C(=O)C(O)=C(C(=O)c2sc(C)nc2C)C1/C=C/c1ccccc1. The van der Waals surface area contributed by atoms with Crippen molar-refractivity contribution in [2.45, 2.75) is 19.9 Å². The highest BCUT2D eigenvalue weighted by Gasteiger charge is 2.42. The number of ketones is 1. The van der Waals surface area contributed by atoms with Crippen molar-refractivity contribution in [2.24, 2.45) is 0 Å². The fourth-order valence-corrected chi connectivity index (χ4v) is 4.05. The maximum Gasteiger partial charge on any atom is 0.290 e. The topological polar surface area (TPSA) is 79.7 Å². The molecule has 1 N–H and O–H groups in total. The molecule has 0 spiro atoms. The summed E-state index contributed by atoms with van der Waals surface area (Å²) in [6.07, 6.45) is 3.61. The number of rotatable bonds is 7. The molecule has 146 valence electrons. The third kappa shape index (κ3) is 3.90. The minimum atomic E-state index is -0.669. The van der Waals surface area contributed by atoms with E-state index in [1.807, 2.05) is 43.3 Å². The molecule has 2 aromatic rings. The largest absolute Gasteiger partial charge is 0.503 e. The Morgan fingerprint density at radius 2 is 2.04 bits per heavy atom. The van der Waals surface area contributed by atoms with Crippen molar-refractivity contribution in [3.8, 4) is 0 Å². The van der Waals surface area contributed by atoms with E-state index in [4.69, 9.17) is 4.74 Å². The van der Waals surface area contributed by atoms with Gasteiger partial charge in [0.15, 0.2) is 5.76 Å². The molecule has 0 fully saturated rings. The summed E-state index contributed by atoms with van der Waals surface area (Å²) in [6.45, 7) is 4.14. The Bertz CT molecular complexity index is 947. The summed E-state index contributed by atoms with van der Waals surface area (Å²) in [4.78, 5) is 32.0. The molecule has 1 aliphatic rings. The second kappa shape index (κ2) is 8.50. The number of Topliss-reactive ketones (excluding diaryl/α,β-unsaturated/α-hetero) is 1. The Kier molecular flexibility index (Phi) is 6.06. The molecule has 28 heavy (non-hydrogen) atoms. The van der Waals surface area contributed by atoms with Gasteiger partial charge in [-0.05, 0) is 19.4 Å². The van der Waals surface area contributed by atoms with Crippen molar-refractivity contribution < 1.29 is 19.4 Å². The predicted octanol–water partition coefficient (Wildman–Crippen LogP) is 3.33. The Hall–Kier alpha value is -2.77. The van der Waals surface area contributed by atoms with Crippen LogP contribution in [-0.4, -0.2) is 53.0 Å². The number of aliphatic hydroxyl groups is 1. The molecule has 1 atom stereocenters. The van der Waals surface area contributed by atoms with Crippen LogP contribution in [0.4, 0.5) is 0 Å². The smallest absolute Gasteiger partial charge is 0.290 e. The molecular weight excluding hydrogens is 376 g/mol. The first-order valence-electron chi connectivity index (χ1n) is 8.89. The molecule has 0 bridgehead atoms. The number of aromatic nitrogens is 1. The summed E-state index contributed by atoms with van der Waals surface area (Å²) in [5.74, 6) is -1.44. The van der Waals surface area contributed by atoms with Gasteiger partial charge < -0.3 is 14.7 Å². The lowest BCUT2D eigenvalue weighted by Crippen LogP contribution is -2.38. The lowest BCUT2D eigenvalue weighted by Gasteiger charge is -2.23. The minimum Gasteiger partial charge on any atom is -0.503 e. The maximum atomic E-state index is 13.2. The van der Waals surface area contributed by atoms with E-state index in [1.165, 1.54) is 23.3 Å². The number of carbonyl (C=O) groups is 2. The van der Waals surface area contributed by atoms with Crippen molar-refractivity contribution in [2.75, 3.05) is 20.3 Å². The fourth-order valence-electron chi connectivity index (χ4n) is 3.18. The maximum absolute atomic E-state index is 13.2. The second-order valence-electron chi connectivity index (χ2n) is 6.44. The number of aliphatic hydroxyl groups excluding tert-OH is 1. The molecular formula is C21H22N2O4S. The zero-order valence-electron chi connectivity index (χ0n) is 16.0. The second-order valence-corrected chi connectivity index (χ2v) is 7.65. The Morgan fingerprint density at radius 3 is 2.64 bits per heavy atom. The van der Waals surface area contributed by atoms with Crippen LogP contribution < -0.4 is 0 Å². The molecule has 1 unspecified atom stereocenters. The Morgan fingerprint density at radius 1 is 1.32 bits per heavy atom. The highest BCUT2D eigenvalue weighted by molar-refractivity contribution is 7.14. The fraction of sp³-hybridized carbons (Fsp3) is 0.286. The number of hydrogen-bond donors (Lipinski definition) is 1. The van der Waals surface area contributed by atoms with Gasteiger partial charge in [0.1, 0.15) is 0 Å². The van der Waals surface area contributed by atoms with Gasteiger partial charge in [-0.1, -0.05) is 42.5 Å². The van der Waals surface area contributed by atoms with Crippen molar-refractivity contribution in [1.82, 2.24) is 9.88 Å². The number of ether oxygens (including phenoxy) is 1. The number of amides is 1. The molecule has 1 aromatic carbocycles. The molecule has 0 saturated carbocycles. The van der Waals surface area contributed by atoms with Gasteiger partial charge in [0.05, 0.1) is 33.8 Å². The van der Waals surface area contributed by atoms with E-state index >= 15 is 0 Å². The van der Waals surface area contributed by atoms with Crippen LogP contribution in [0.3, 0.4) is 0 Å². The summed E-state index contributed by atoms with van der Waals surface area (Å²) in [5.41, 5.74) is 1.62. The monoisotopic (exact) mass is 398 g/mol. The molecule has 1 amide bonds. The first kappa shape index (κ1) is 20.0. The van der Waals surface area contributed by atoms with E-state index < -0.39 is 17.7 Å². The highest BCUT2D eigenvalue weighted by Crippen LogP contribution is 2.31. The van der Waals surface area contributed by atoms with E-state index in [2.05, 4.69) is 4.98 Å². The summed E-state index contributed by atoms with van der Waals surface area (Å²) in [6, 6.07) is 8.91. The summed E-state index contributed by atoms with van der Waals surface area (Å²) < 4.78 is 5.09. The lowest BCUT2D eigenvalue weighted by molar-refractivity contribution is -0.129. The van der Waals surface area contributed by atoms with Crippen LogP contribution in [0.25, 0.3) is 6.08 Å². The van der Waals surface area contributed by atoms with Crippen LogP contribution >= 0.6 is 11.3 Å². The number of nitrogens with zero attached hydrogens (tertiary/aromatic N) is 2. The van der Waals surface area contributed by atoms with Crippen molar-refractivity contribution in [3.05, 3.63) is 68.9 Å². The van der Waals surface area contributed by atoms with E-state index in [-0.39, 0.29) is 17.9 Å². The van der Waals surface area contributed by atoms with E-state index in [1.54, 1.807) is 13.0 Å². The Balaban J connectivity index is 2.00. The third-order valence-electron chi connectivity index (χ3n) is 4.51. The molecule has 2 heterocycles. The number of benzene rings is 1. The molecule has 1 aromatic heterocycles. The summed E-state index contributed by atoms with van der Waals surface area (Å²) >= 11 is 1.26. The molecule has 0 aliphatic carbocycles. The van der Waals surface area contributed by atoms with Gasteiger partial charge in [-0.15, -0.1) is 11.3 Å². The van der Waals surface area contributed by atoms with Gasteiger partial charge in [0.2, 0.25) is 5.78 Å². The molecule has 7 heteroatoms. The quantitative estimate of drug-likeness (QED) is 0.724. The summed E-state index contributed by atoms with van der Waals surface area (Å²) in [5, 5.41) is 11.3. The molecule has 6 nitrogen and oxygen atoms in total. The van der Waals surface area contributed by atoms with Crippen molar-refractivity contribution in [1.29, 1.82) is 0 Å². The van der Waals surface area contributed by atoms with Gasteiger partial charge in [-0.25, -0.2) is 4.98 Å². The average Bonchev–Trinajstić information content (AvgIpc) is 3.15. The number of methoxy groups -OCH3 is 1. The lowest BCUT2D eigenvalue weighted by atomic mass is 10.0. The van der Waals surface area contributed by atoms with Crippen LogP contribution in [0, 0.1) is 13.8 Å². The zero-order chi connectivity index (χ0) is 20.3. The van der Waals surface area contributed by atoms with Crippen LogP contribution in [-0.2, 0) is 9.53 Å². The van der Waals surface area contributed by atoms with Gasteiger partial charge in [0.25, 0.3) is 5.91 Å². The first-order chi connectivity index (χ1) is 13.4.